The van der Waals surface area contributed by atoms with Crippen LogP contribution in [0.25, 0.3) is 6.08 Å². The molecule has 0 amide bonds. The van der Waals surface area contributed by atoms with Gasteiger partial charge < -0.3 is 9.64 Å². The third kappa shape index (κ3) is 1.35. The lowest BCUT2D eigenvalue weighted by atomic mass is 9.88. The Morgan fingerprint density at radius 3 is 2.83 bits per heavy atom. The Kier molecular flexibility index (Phi) is 2.07. The van der Waals surface area contributed by atoms with Crippen LogP contribution < -0.4 is 9.64 Å². The minimum Gasteiger partial charge on any atom is -0.457 e. The third-order valence-electron chi connectivity index (χ3n) is 4.18. The molecule has 4 rings (SSSR count). The van der Waals surface area contributed by atoms with E-state index in [4.69, 9.17) is 4.74 Å². The first kappa shape index (κ1) is 10.2. The zero-order valence-corrected chi connectivity index (χ0v) is 10.5. The number of nitrogens with zero attached hydrogens (tertiary/aromatic N) is 1. The van der Waals surface area contributed by atoms with Crippen LogP contribution >= 0.6 is 0 Å². The summed E-state index contributed by atoms with van der Waals surface area (Å²) >= 11 is 0. The zero-order chi connectivity index (χ0) is 12.1. The topological polar surface area (TPSA) is 12.5 Å². The van der Waals surface area contributed by atoms with Crippen LogP contribution in [-0.2, 0) is 12.8 Å². The molecule has 3 heterocycles. The lowest BCUT2D eigenvalue weighted by Gasteiger charge is -2.38. The Hall–Kier alpha value is -1.70. The van der Waals surface area contributed by atoms with Gasteiger partial charge in [0.1, 0.15) is 11.5 Å². The van der Waals surface area contributed by atoms with Gasteiger partial charge in [0.2, 0.25) is 0 Å². The van der Waals surface area contributed by atoms with E-state index in [-0.39, 0.29) is 0 Å². The van der Waals surface area contributed by atoms with Crippen LogP contribution in [0, 0.1) is 0 Å². The van der Waals surface area contributed by atoms with E-state index in [2.05, 4.69) is 23.6 Å². The molecule has 3 aliphatic rings. The average Bonchev–Trinajstić information content (AvgIpc) is 2.40. The van der Waals surface area contributed by atoms with Crippen LogP contribution in [0.15, 0.2) is 24.5 Å². The van der Waals surface area contributed by atoms with Gasteiger partial charge in [-0.15, -0.1) is 0 Å². The molecule has 0 aromatic heterocycles. The number of hydrogen-bond donors (Lipinski definition) is 0. The summed E-state index contributed by atoms with van der Waals surface area (Å²) < 4.78 is 5.89. The molecule has 0 unspecified atom stereocenters. The van der Waals surface area contributed by atoms with Gasteiger partial charge in [-0.3, -0.25) is 0 Å². The van der Waals surface area contributed by atoms with E-state index < -0.39 is 0 Å². The summed E-state index contributed by atoms with van der Waals surface area (Å²) in [6.07, 6.45) is 8.98. The quantitative estimate of drug-likeness (QED) is 0.688. The second-order valence-electron chi connectivity index (χ2n) is 5.38. The highest BCUT2D eigenvalue weighted by Gasteiger charge is 2.28. The molecular formula is C16H17NO. The molecule has 0 spiro atoms. The Morgan fingerprint density at radius 2 is 1.94 bits per heavy atom. The fourth-order valence-corrected chi connectivity index (χ4v) is 3.45. The maximum atomic E-state index is 5.89. The molecule has 0 fully saturated rings. The summed E-state index contributed by atoms with van der Waals surface area (Å²) in [6, 6.07) is 2.31. The van der Waals surface area contributed by atoms with Gasteiger partial charge in [-0.25, -0.2) is 0 Å². The standard InChI is InChI=1S/C16H17NO/c1-11-6-7-13-10-12-4-2-8-17-9-3-5-14(15(12)17)16(13)18-11/h6-7,10H,1-5,8-9H2. The molecule has 1 aromatic carbocycles. The second kappa shape index (κ2) is 3.64. The first-order valence-corrected chi connectivity index (χ1v) is 6.81. The van der Waals surface area contributed by atoms with Crippen LogP contribution in [0.5, 0.6) is 5.75 Å². The second-order valence-corrected chi connectivity index (χ2v) is 5.38. The summed E-state index contributed by atoms with van der Waals surface area (Å²) in [5.74, 6) is 1.82. The van der Waals surface area contributed by atoms with E-state index >= 15 is 0 Å². The van der Waals surface area contributed by atoms with Gasteiger partial charge in [0.25, 0.3) is 0 Å². The predicted octanol–water partition coefficient (Wildman–Crippen LogP) is 3.30. The van der Waals surface area contributed by atoms with Crippen molar-refractivity contribution in [3.8, 4) is 5.75 Å². The summed E-state index contributed by atoms with van der Waals surface area (Å²) in [5, 5.41) is 0. The molecule has 2 nitrogen and oxygen atoms in total. The van der Waals surface area contributed by atoms with Crippen molar-refractivity contribution < 1.29 is 4.74 Å². The summed E-state index contributed by atoms with van der Waals surface area (Å²) in [6.45, 7) is 6.32. The molecule has 0 saturated heterocycles. The maximum Gasteiger partial charge on any atom is 0.139 e. The first-order chi connectivity index (χ1) is 8.83. The van der Waals surface area contributed by atoms with Crippen molar-refractivity contribution in [2.45, 2.75) is 25.7 Å². The molecule has 92 valence electrons. The molecule has 1 aromatic rings. The van der Waals surface area contributed by atoms with Crippen LogP contribution in [-0.4, -0.2) is 13.1 Å². The largest absolute Gasteiger partial charge is 0.457 e. The fraction of sp³-hybridized carbons (Fsp3) is 0.375. The highest BCUT2D eigenvalue weighted by molar-refractivity contribution is 5.76. The number of anilines is 1. The highest BCUT2D eigenvalue weighted by Crippen LogP contribution is 2.44. The van der Waals surface area contributed by atoms with Crippen LogP contribution in [0.4, 0.5) is 5.69 Å². The maximum absolute atomic E-state index is 5.89. The van der Waals surface area contributed by atoms with E-state index in [9.17, 15) is 0 Å². The van der Waals surface area contributed by atoms with E-state index in [0.29, 0.717) is 0 Å². The van der Waals surface area contributed by atoms with E-state index in [0.717, 1.165) is 17.9 Å². The Balaban J connectivity index is 1.98. The van der Waals surface area contributed by atoms with Crippen molar-refractivity contribution in [1.82, 2.24) is 0 Å². The fourth-order valence-electron chi connectivity index (χ4n) is 3.45. The molecule has 18 heavy (non-hydrogen) atoms. The zero-order valence-electron chi connectivity index (χ0n) is 10.5. The normalized spacial score (nSPS) is 20.2. The molecule has 0 bridgehead atoms. The van der Waals surface area contributed by atoms with Gasteiger partial charge in [-0.05, 0) is 49.5 Å². The number of rotatable bonds is 0. The Morgan fingerprint density at radius 1 is 1.11 bits per heavy atom. The molecular weight excluding hydrogens is 222 g/mol. The van der Waals surface area contributed by atoms with Gasteiger partial charge in [-0.1, -0.05) is 6.58 Å². The SMILES string of the molecule is C=C1C=Cc2cc3c4c(c2O1)CCCN4CCC3. The van der Waals surface area contributed by atoms with E-state index in [1.54, 1.807) is 0 Å². The average molecular weight is 239 g/mol. The van der Waals surface area contributed by atoms with Gasteiger partial charge >= 0.3 is 0 Å². The highest BCUT2D eigenvalue weighted by atomic mass is 16.5. The van der Waals surface area contributed by atoms with Crippen molar-refractivity contribution in [2.75, 3.05) is 18.0 Å². The van der Waals surface area contributed by atoms with Gasteiger partial charge in [-0.2, -0.15) is 0 Å². The molecule has 2 heteroatoms. The van der Waals surface area contributed by atoms with E-state index in [1.807, 2.05) is 6.08 Å². The smallest absolute Gasteiger partial charge is 0.139 e. The number of ether oxygens (including phenoxy) is 1. The van der Waals surface area contributed by atoms with E-state index in [1.165, 1.54) is 54.7 Å². The van der Waals surface area contributed by atoms with Crippen molar-refractivity contribution in [3.63, 3.8) is 0 Å². The Bertz CT molecular complexity index is 569. The molecule has 0 saturated carbocycles. The first-order valence-electron chi connectivity index (χ1n) is 6.81. The van der Waals surface area contributed by atoms with Crippen LogP contribution in [0.1, 0.15) is 29.5 Å². The third-order valence-corrected chi connectivity index (χ3v) is 4.18. The lowest BCUT2D eigenvalue weighted by Crippen LogP contribution is -2.34. The number of fused-ring (bicyclic) bond motifs is 2. The number of allylic oxidation sites excluding steroid dienone is 1. The van der Waals surface area contributed by atoms with Gasteiger partial charge in [0, 0.05) is 29.9 Å². The Labute approximate surface area is 108 Å². The summed E-state index contributed by atoms with van der Waals surface area (Å²) in [5.41, 5.74) is 5.63. The van der Waals surface area contributed by atoms with Crippen LogP contribution in [0.2, 0.25) is 0 Å². The van der Waals surface area contributed by atoms with Gasteiger partial charge in [0.05, 0.1) is 0 Å². The number of hydrogen-bond acceptors (Lipinski definition) is 2. The molecule has 0 radical (unpaired) electrons. The monoisotopic (exact) mass is 239 g/mol. The molecule has 0 aliphatic carbocycles. The van der Waals surface area contributed by atoms with Crippen molar-refractivity contribution >= 4 is 11.8 Å². The van der Waals surface area contributed by atoms with Crippen molar-refractivity contribution in [2.24, 2.45) is 0 Å². The summed E-state index contributed by atoms with van der Waals surface area (Å²) in [4.78, 5) is 2.54. The van der Waals surface area contributed by atoms with Crippen LogP contribution in [0.3, 0.4) is 0 Å². The minimum absolute atomic E-state index is 0.756. The molecule has 0 N–H and O–H groups in total. The number of benzene rings is 1. The number of aryl methyl sites for hydroxylation is 1. The van der Waals surface area contributed by atoms with Crippen molar-refractivity contribution in [1.29, 1.82) is 0 Å². The molecule has 3 aliphatic heterocycles. The predicted molar refractivity (Wildman–Crippen MR) is 74.1 cm³/mol. The minimum atomic E-state index is 0.756. The molecule has 0 atom stereocenters. The lowest BCUT2D eigenvalue weighted by molar-refractivity contribution is 0.433. The van der Waals surface area contributed by atoms with Crippen molar-refractivity contribution in [3.05, 3.63) is 41.2 Å². The van der Waals surface area contributed by atoms with Gasteiger partial charge in [0.15, 0.2) is 0 Å². The summed E-state index contributed by atoms with van der Waals surface area (Å²) in [7, 11) is 0.